The van der Waals surface area contributed by atoms with Crippen molar-refractivity contribution in [2.45, 2.75) is 6.18 Å². The van der Waals surface area contributed by atoms with Crippen molar-refractivity contribution in [2.75, 3.05) is 0 Å². The molecule has 0 aliphatic rings. The van der Waals surface area contributed by atoms with E-state index in [2.05, 4.69) is 4.98 Å². The number of rotatable bonds is 2. The summed E-state index contributed by atoms with van der Waals surface area (Å²) in [5.41, 5.74) is -0.523. The number of aromatic nitrogens is 1. The molecule has 2 aromatic rings. The number of aromatic carboxylic acids is 1. The Balaban J connectivity index is 2.49. The van der Waals surface area contributed by atoms with Gasteiger partial charge < -0.3 is 10.1 Å². The first-order valence-electron chi connectivity index (χ1n) is 4.93. The van der Waals surface area contributed by atoms with E-state index in [0.29, 0.717) is 10.4 Å². The Hall–Kier alpha value is -1.67. The molecule has 100 valence electrons. The second kappa shape index (κ2) is 4.78. The molecule has 19 heavy (non-hydrogen) atoms. The first kappa shape index (κ1) is 13.8. The van der Waals surface area contributed by atoms with Gasteiger partial charge in [0.05, 0.1) is 10.4 Å². The summed E-state index contributed by atoms with van der Waals surface area (Å²) >= 11 is 5.85. The van der Waals surface area contributed by atoms with E-state index < -0.39 is 17.7 Å². The average Bonchev–Trinajstić information content (AvgIpc) is 2.70. The van der Waals surface area contributed by atoms with Crippen molar-refractivity contribution in [2.24, 2.45) is 0 Å². The monoisotopic (exact) mass is 305 g/mol. The molecule has 0 radical (unpaired) electrons. The van der Waals surface area contributed by atoms with Crippen LogP contribution in [0.4, 0.5) is 13.2 Å². The van der Waals surface area contributed by atoms with Crippen LogP contribution in [0.2, 0.25) is 0 Å². The maximum atomic E-state index is 12.4. The van der Waals surface area contributed by atoms with Crippen LogP contribution in [-0.4, -0.2) is 16.1 Å². The summed E-state index contributed by atoms with van der Waals surface area (Å²) in [4.78, 5) is 13.8. The van der Waals surface area contributed by atoms with Crippen molar-refractivity contribution in [3.8, 4) is 10.4 Å². The fourth-order valence-corrected chi connectivity index (χ4v) is 2.68. The number of halogens is 3. The number of aromatic amines is 1. The third kappa shape index (κ3) is 2.85. The second-order valence-electron chi connectivity index (χ2n) is 3.60. The molecule has 0 saturated heterocycles. The predicted octanol–water partition coefficient (Wildman–Crippen LogP) is 4.19. The number of hydrogen-bond acceptors (Lipinski definition) is 3. The van der Waals surface area contributed by atoms with Crippen molar-refractivity contribution < 1.29 is 23.1 Å². The number of thiazole rings is 1. The molecular weight excluding hydrogens is 299 g/mol. The zero-order valence-electron chi connectivity index (χ0n) is 9.12. The minimum atomic E-state index is -4.42. The van der Waals surface area contributed by atoms with E-state index in [1.54, 1.807) is 0 Å². The predicted molar refractivity (Wildman–Crippen MR) is 66.9 cm³/mol. The highest BCUT2D eigenvalue weighted by Gasteiger charge is 2.30. The number of hydrogen-bond donors (Lipinski definition) is 2. The van der Waals surface area contributed by atoms with Gasteiger partial charge in [0.25, 0.3) is 0 Å². The maximum absolute atomic E-state index is 12.4. The molecule has 0 atom stereocenters. The molecule has 1 aromatic carbocycles. The summed E-state index contributed by atoms with van der Waals surface area (Å²) in [7, 11) is 0. The largest absolute Gasteiger partial charge is 0.477 e. The molecule has 0 spiro atoms. The van der Waals surface area contributed by atoms with Crippen molar-refractivity contribution in [1.29, 1.82) is 0 Å². The van der Waals surface area contributed by atoms with Crippen LogP contribution >= 0.6 is 23.6 Å². The van der Waals surface area contributed by atoms with Crippen molar-refractivity contribution in [3.63, 3.8) is 0 Å². The van der Waals surface area contributed by atoms with Gasteiger partial charge in [-0.2, -0.15) is 13.2 Å². The first-order valence-corrected chi connectivity index (χ1v) is 6.15. The van der Waals surface area contributed by atoms with Crippen LogP contribution < -0.4 is 0 Å². The van der Waals surface area contributed by atoms with Crippen LogP contribution in [0, 0.1) is 3.95 Å². The number of carboxylic acids is 1. The third-order valence-electron chi connectivity index (χ3n) is 2.34. The zero-order chi connectivity index (χ0) is 14.2. The van der Waals surface area contributed by atoms with E-state index in [4.69, 9.17) is 17.3 Å². The van der Waals surface area contributed by atoms with E-state index in [1.807, 2.05) is 0 Å². The molecule has 1 aromatic heterocycles. The molecule has 2 rings (SSSR count). The van der Waals surface area contributed by atoms with Gasteiger partial charge in [0, 0.05) is 0 Å². The highest BCUT2D eigenvalue weighted by Crippen LogP contribution is 2.33. The third-order valence-corrected chi connectivity index (χ3v) is 3.62. The molecule has 0 unspecified atom stereocenters. The Morgan fingerprint density at radius 3 is 2.32 bits per heavy atom. The van der Waals surface area contributed by atoms with Crippen LogP contribution in [0.15, 0.2) is 24.3 Å². The normalized spacial score (nSPS) is 11.5. The van der Waals surface area contributed by atoms with Crippen molar-refractivity contribution >= 4 is 29.5 Å². The number of nitrogens with one attached hydrogen (secondary N) is 1. The summed E-state index contributed by atoms with van der Waals surface area (Å²) in [5, 5.41) is 8.97. The molecule has 1 heterocycles. The SMILES string of the molecule is O=C(O)c1[nH]c(=S)sc1-c1ccc(C(F)(F)F)cc1. The van der Waals surface area contributed by atoms with E-state index in [9.17, 15) is 18.0 Å². The fraction of sp³-hybridized carbons (Fsp3) is 0.0909. The minimum absolute atomic E-state index is 0.116. The highest BCUT2D eigenvalue weighted by molar-refractivity contribution is 7.73. The number of carbonyl (C=O) groups is 1. The summed E-state index contributed by atoms with van der Waals surface area (Å²) in [6, 6.07) is 4.26. The van der Waals surface area contributed by atoms with E-state index in [0.717, 1.165) is 23.5 Å². The Labute approximate surface area is 114 Å². The van der Waals surface area contributed by atoms with Gasteiger partial charge in [-0.15, -0.1) is 11.3 Å². The van der Waals surface area contributed by atoms with Crippen LogP contribution in [0.3, 0.4) is 0 Å². The molecule has 2 N–H and O–H groups in total. The lowest BCUT2D eigenvalue weighted by Crippen LogP contribution is -2.04. The summed E-state index contributed by atoms with van der Waals surface area (Å²) < 4.78 is 37.5. The summed E-state index contributed by atoms with van der Waals surface area (Å²) in [5.74, 6) is -1.21. The van der Waals surface area contributed by atoms with Crippen LogP contribution in [0.25, 0.3) is 10.4 Å². The molecule has 3 nitrogen and oxygen atoms in total. The molecular formula is C11H6F3NO2S2. The van der Waals surface area contributed by atoms with Crippen molar-refractivity contribution in [3.05, 3.63) is 39.5 Å². The van der Waals surface area contributed by atoms with Crippen molar-refractivity contribution in [1.82, 2.24) is 4.98 Å². The Morgan fingerprint density at radius 1 is 1.26 bits per heavy atom. The zero-order valence-corrected chi connectivity index (χ0v) is 10.7. The van der Waals surface area contributed by atoms with E-state index >= 15 is 0 Å². The Bertz CT molecular complexity index is 670. The number of alkyl halides is 3. The van der Waals surface area contributed by atoms with E-state index in [1.165, 1.54) is 12.1 Å². The molecule has 0 amide bonds. The van der Waals surface area contributed by atoms with Crippen LogP contribution in [0.1, 0.15) is 16.1 Å². The standard InChI is InChI=1S/C11H6F3NO2S2/c12-11(13,14)6-3-1-5(2-4-6)8-7(9(16)17)15-10(18)19-8/h1-4H,(H,15,18)(H,16,17). The Morgan fingerprint density at radius 2 is 1.84 bits per heavy atom. The van der Waals surface area contributed by atoms with Gasteiger partial charge in [-0.25, -0.2) is 4.79 Å². The number of carboxylic acid groups (broad SMARTS) is 1. The quantitative estimate of drug-likeness (QED) is 0.818. The Kier molecular flexibility index (Phi) is 3.46. The highest BCUT2D eigenvalue weighted by atomic mass is 32.1. The summed E-state index contributed by atoms with van der Waals surface area (Å²) in [6.07, 6.45) is -4.42. The van der Waals surface area contributed by atoms with Crippen LogP contribution in [0.5, 0.6) is 0 Å². The average molecular weight is 305 g/mol. The topological polar surface area (TPSA) is 53.1 Å². The molecule has 0 aliphatic carbocycles. The second-order valence-corrected chi connectivity index (χ2v) is 5.29. The van der Waals surface area contributed by atoms with Crippen LogP contribution in [-0.2, 0) is 6.18 Å². The summed E-state index contributed by atoms with van der Waals surface area (Å²) in [6.45, 7) is 0. The number of H-pyrrole nitrogens is 1. The minimum Gasteiger partial charge on any atom is -0.477 e. The fourth-order valence-electron chi connectivity index (χ4n) is 1.49. The van der Waals surface area contributed by atoms with Gasteiger partial charge in [0.15, 0.2) is 3.95 Å². The molecule has 0 saturated carbocycles. The van der Waals surface area contributed by atoms with Gasteiger partial charge in [0.1, 0.15) is 5.69 Å². The maximum Gasteiger partial charge on any atom is 0.416 e. The lowest BCUT2D eigenvalue weighted by molar-refractivity contribution is -0.137. The first-order chi connectivity index (χ1) is 8.79. The molecule has 0 bridgehead atoms. The van der Waals surface area contributed by atoms with Gasteiger partial charge in [-0.1, -0.05) is 12.1 Å². The molecule has 8 heteroatoms. The van der Waals surface area contributed by atoms with Gasteiger partial charge in [-0.3, -0.25) is 0 Å². The number of benzene rings is 1. The van der Waals surface area contributed by atoms with Gasteiger partial charge >= 0.3 is 12.1 Å². The van der Waals surface area contributed by atoms with Gasteiger partial charge in [-0.05, 0) is 29.9 Å². The molecule has 0 fully saturated rings. The van der Waals surface area contributed by atoms with E-state index in [-0.39, 0.29) is 9.65 Å². The lowest BCUT2D eigenvalue weighted by atomic mass is 10.1. The molecule has 0 aliphatic heterocycles. The smallest absolute Gasteiger partial charge is 0.416 e. The lowest BCUT2D eigenvalue weighted by Gasteiger charge is -2.07. The van der Waals surface area contributed by atoms with Gasteiger partial charge in [0.2, 0.25) is 0 Å².